The standard InChI is InChI=1S/2C10H14O4.C4H4O4.4C4H9.2Sn/c2*11-9(12)6-7-10(13)14-8-4-2-1-3-5-8;5-3(6)1-2-4(7)8;4*1-3-4-2;;/h2*6-8H,1-5H2,(H,11,12);1-2H,(H,5,6)(H,7,8);4*1,3-4H2,2H3;;/q;;;;;;;2*+2/p-4. The number of hydrogen-bond acceptors (Lipinski definition) is 12. The summed E-state index contributed by atoms with van der Waals surface area (Å²) in [6, 6.07) is 0. The minimum atomic E-state index is -4.45. The summed E-state index contributed by atoms with van der Waals surface area (Å²) in [7, 11) is 0. The summed E-state index contributed by atoms with van der Waals surface area (Å²) < 4.78 is 36.5. The zero-order valence-corrected chi connectivity index (χ0v) is 38.8. The molecule has 0 saturated heterocycles. The molecule has 2 saturated carbocycles. The molecule has 0 aliphatic heterocycles. The van der Waals surface area contributed by atoms with Crippen LogP contribution in [0.15, 0.2) is 36.5 Å². The van der Waals surface area contributed by atoms with Crippen molar-refractivity contribution in [2.45, 2.75) is 173 Å². The summed E-state index contributed by atoms with van der Waals surface area (Å²) in [4.78, 5) is 77.3. The Balaban J connectivity index is 2.16. The van der Waals surface area contributed by atoms with E-state index in [1.807, 2.05) is 27.7 Å². The van der Waals surface area contributed by atoms with Gasteiger partial charge in [0.1, 0.15) is 0 Å². The number of hydrogen-bond donors (Lipinski definition) is 0. The second-order valence-electron chi connectivity index (χ2n) is 14.3. The van der Waals surface area contributed by atoms with Gasteiger partial charge in [0.15, 0.2) is 0 Å². The molecule has 0 N–H and O–H groups in total. The molecule has 2 aliphatic rings. The monoisotopic (exact) mass is 976 g/mol. The number of esters is 2. The molecular weight excluding hydrogens is 910 g/mol. The van der Waals surface area contributed by atoms with E-state index in [2.05, 4.69) is 0 Å². The third kappa shape index (κ3) is 20.0. The Morgan fingerprint density at radius 1 is 0.407 bits per heavy atom. The molecule has 2 rings (SSSR count). The number of unbranched alkanes of at least 4 members (excludes halogenated alkanes) is 4. The van der Waals surface area contributed by atoms with Crippen LogP contribution in [0, 0.1) is 0 Å². The van der Waals surface area contributed by atoms with Crippen molar-refractivity contribution in [1.82, 2.24) is 0 Å². The van der Waals surface area contributed by atoms with Crippen molar-refractivity contribution in [3.63, 3.8) is 0 Å². The van der Waals surface area contributed by atoms with Crippen LogP contribution in [-0.4, -0.2) is 86.4 Å². The van der Waals surface area contributed by atoms with E-state index < -0.39 is 74.2 Å². The van der Waals surface area contributed by atoms with Gasteiger partial charge < -0.3 is 0 Å². The van der Waals surface area contributed by atoms with Gasteiger partial charge in [-0.2, -0.15) is 0 Å². The molecule has 0 heterocycles. The molecular formula is C40H64O12Sn2. The van der Waals surface area contributed by atoms with Crippen LogP contribution in [-0.2, 0) is 50.5 Å². The first kappa shape index (κ1) is 47.8. The average Bonchev–Trinajstić information content (AvgIpc) is 3.16. The molecule has 0 radical (unpaired) electrons. The molecule has 0 amide bonds. The van der Waals surface area contributed by atoms with E-state index in [0.717, 1.165) is 126 Å². The zero-order valence-electron chi connectivity index (χ0n) is 33.1. The van der Waals surface area contributed by atoms with Crippen LogP contribution in [0.25, 0.3) is 0 Å². The molecule has 0 aromatic heterocycles. The number of rotatable bonds is 24. The van der Waals surface area contributed by atoms with E-state index in [-0.39, 0.29) is 12.2 Å². The Morgan fingerprint density at radius 3 is 0.889 bits per heavy atom. The topological polar surface area (TPSA) is 158 Å². The fourth-order valence-electron chi connectivity index (χ4n) is 6.54. The Morgan fingerprint density at radius 2 is 0.648 bits per heavy atom. The predicted molar refractivity (Wildman–Crippen MR) is 208 cm³/mol. The van der Waals surface area contributed by atoms with Gasteiger partial charge in [-0.15, -0.1) is 0 Å². The second kappa shape index (κ2) is 27.3. The Labute approximate surface area is 332 Å². The number of carbonyl (C=O) groups excluding carboxylic acids is 6. The van der Waals surface area contributed by atoms with E-state index >= 15 is 0 Å². The van der Waals surface area contributed by atoms with Crippen LogP contribution in [0.3, 0.4) is 0 Å². The third-order valence-corrected chi connectivity index (χ3v) is 28.8. The van der Waals surface area contributed by atoms with Crippen LogP contribution >= 0.6 is 0 Å². The second-order valence-corrected chi connectivity index (χ2v) is 32.7. The first-order valence-corrected chi connectivity index (χ1v) is 33.1. The van der Waals surface area contributed by atoms with Gasteiger partial charge in [0.05, 0.1) is 0 Å². The molecule has 0 bridgehead atoms. The van der Waals surface area contributed by atoms with Crippen molar-refractivity contribution in [1.29, 1.82) is 0 Å². The maximum atomic E-state index is 13.3. The van der Waals surface area contributed by atoms with Crippen LogP contribution < -0.4 is 0 Å². The van der Waals surface area contributed by atoms with Gasteiger partial charge >= 0.3 is 334 Å². The maximum absolute atomic E-state index is 13.3. The van der Waals surface area contributed by atoms with Gasteiger partial charge in [0, 0.05) is 0 Å². The van der Waals surface area contributed by atoms with Crippen molar-refractivity contribution >= 4 is 74.2 Å². The van der Waals surface area contributed by atoms with Crippen molar-refractivity contribution in [2.75, 3.05) is 0 Å². The SMILES string of the molecule is CCC[CH2][Sn]([CH2]CCC)([O]C(=O)C=CC(=O)OC1CCCCC1)[O]C(=O)C=CC(=O)[O][Sn]([CH2]CCC)([CH2]CCC)[O]C(=O)C=CC(=O)OC1CCCCC1. The summed E-state index contributed by atoms with van der Waals surface area (Å²) in [5, 5.41) is 0. The molecule has 12 nitrogen and oxygen atoms in total. The van der Waals surface area contributed by atoms with Crippen molar-refractivity contribution in [2.24, 2.45) is 0 Å². The zero-order chi connectivity index (χ0) is 39.7. The summed E-state index contributed by atoms with van der Waals surface area (Å²) in [6.07, 6.45) is 21.1. The fraction of sp³-hybridized carbons (Fsp3) is 0.700. The number of ether oxygens (including phenoxy) is 2. The van der Waals surface area contributed by atoms with Gasteiger partial charge in [-0.05, 0) is 0 Å². The summed E-state index contributed by atoms with van der Waals surface area (Å²) in [5.41, 5.74) is 0. The normalized spacial score (nSPS) is 16.0. The Bertz CT molecular complexity index is 1170. The molecule has 2 fully saturated rings. The molecule has 0 atom stereocenters. The Hall–Kier alpha value is -2.36. The van der Waals surface area contributed by atoms with E-state index in [9.17, 15) is 28.8 Å². The van der Waals surface area contributed by atoms with Gasteiger partial charge in [-0.3, -0.25) is 0 Å². The first-order valence-electron chi connectivity index (χ1n) is 20.3. The minimum absolute atomic E-state index is 0.156. The van der Waals surface area contributed by atoms with Crippen LogP contribution in [0.5, 0.6) is 0 Å². The molecule has 0 aromatic rings. The van der Waals surface area contributed by atoms with Gasteiger partial charge in [-0.25, -0.2) is 0 Å². The molecule has 14 heteroatoms. The Kier molecular flexibility index (Phi) is 24.1. The first-order chi connectivity index (χ1) is 26.0. The van der Waals surface area contributed by atoms with E-state index in [1.54, 1.807) is 0 Å². The van der Waals surface area contributed by atoms with Crippen molar-refractivity contribution in [3.8, 4) is 0 Å². The molecule has 0 unspecified atom stereocenters. The average molecular weight is 974 g/mol. The van der Waals surface area contributed by atoms with Crippen LogP contribution in [0.1, 0.15) is 143 Å². The summed E-state index contributed by atoms with van der Waals surface area (Å²) in [6.45, 7) is 7.94. The van der Waals surface area contributed by atoms with E-state index in [1.165, 1.54) is 0 Å². The number of carbonyl (C=O) groups is 6. The van der Waals surface area contributed by atoms with E-state index in [0.29, 0.717) is 43.4 Å². The van der Waals surface area contributed by atoms with Crippen LogP contribution in [0.4, 0.5) is 0 Å². The molecule has 0 spiro atoms. The third-order valence-electron chi connectivity index (χ3n) is 9.53. The van der Waals surface area contributed by atoms with E-state index in [4.69, 9.17) is 21.8 Å². The molecule has 0 aromatic carbocycles. The molecule has 2 aliphatic carbocycles. The van der Waals surface area contributed by atoms with Crippen LogP contribution in [0.2, 0.25) is 17.7 Å². The van der Waals surface area contributed by atoms with Crippen molar-refractivity contribution in [3.05, 3.63) is 36.5 Å². The molecule has 54 heavy (non-hydrogen) atoms. The molecule has 304 valence electrons. The summed E-state index contributed by atoms with van der Waals surface area (Å²) >= 11 is -8.90. The quantitative estimate of drug-likeness (QED) is 0.0516. The van der Waals surface area contributed by atoms with Gasteiger partial charge in [0.2, 0.25) is 0 Å². The van der Waals surface area contributed by atoms with Gasteiger partial charge in [-0.1, -0.05) is 0 Å². The fourth-order valence-corrected chi connectivity index (χ4v) is 25.7. The van der Waals surface area contributed by atoms with Gasteiger partial charge in [0.25, 0.3) is 0 Å². The predicted octanol–water partition coefficient (Wildman–Crippen LogP) is 8.66. The summed E-state index contributed by atoms with van der Waals surface area (Å²) in [5.74, 6) is -4.42. The van der Waals surface area contributed by atoms with Crippen molar-refractivity contribution < 1.29 is 50.5 Å².